The van der Waals surface area contributed by atoms with Gasteiger partial charge >= 0.3 is 0 Å². The van der Waals surface area contributed by atoms with E-state index in [-0.39, 0.29) is 0 Å². The minimum Gasteiger partial charge on any atom is -0.468 e. The summed E-state index contributed by atoms with van der Waals surface area (Å²) < 4.78 is 5.37. The minimum absolute atomic E-state index is 0.819. The molecule has 1 atom stereocenters. The van der Waals surface area contributed by atoms with Crippen LogP contribution < -0.4 is 5.32 Å². The van der Waals surface area contributed by atoms with Crippen molar-refractivity contribution < 1.29 is 4.42 Å². The predicted octanol–water partition coefficient (Wildman–Crippen LogP) is 1.71. The average molecular weight is 208 g/mol. The molecule has 1 aromatic heterocycles. The van der Waals surface area contributed by atoms with Crippen molar-refractivity contribution in [2.75, 3.05) is 26.2 Å². The molecule has 2 rings (SSSR count). The first kappa shape index (κ1) is 10.7. The largest absolute Gasteiger partial charge is 0.468 e. The first-order valence-electron chi connectivity index (χ1n) is 5.84. The summed E-state index contributed by atoms with van der Waals surface area (Å²) in [4.78, 5) is 2.45. The van der Waals surface area contributed by atoms with Crippen LogP contribution in [0.4, 0.5) is 0 Å². The van der Waals surface area contributed by atoms with Gasteiger partial charge in [-0.15, -0.1) is 0 Å². The van der Waals surface area contributed by atoms with E-state index >= 15 is 0 Å². The maximum absolute atomic E-state index is 5.37. The zero-order valence-corrected chi connectivity index (χ0v) is 9.41. The first-order chi connectivity index (χ1) is 7.38. The van der Waals surface area contributed by atoms with Gasteiger partial charge in [-0.05, 0) is 44.1 Å². The van der Waals surface area contributed by atoms with E-state index in [1.807, 2.05) is 6.07 Å². The summed E-state index contributed by atoms with van der Waals surface area (Å²) >= 11 is 0. The van der Waals surface area contributed by atoms with E-state index in [4.69, 9.17) is 4.42 Å². The van der Waals surface area contributed by atoms with Crippen molar-refractivity contribution >= 4 is 0 Å². The van der Waals surface area contributed by atoms with Gasteiger partial charge in [0.05, 0.1) is 12.8 Å². The molecule has 0 spiro atoms. The molecule has 2 heterocycles. The van der Waals surface area contributed by atoms with Gasteiger partial charge in [0.1, 0.15) is 5.76 Å². The molecule has 3 nitrogen and oxygen atoms in total. The Morgan fingerprint density at radius 3 is 3.13 bits per heavy atom. The second-order valence-electron chi connectivity index (χ2n) is 4.27. The quantitative estimate of drug-likeness (QED) is 0.798. The number of nitrogens with one attached hydrogen (secondary N) is 1. The highest BCUT2D eigenvalue weighted by Gasteiger charge is 2.17. The van der Waals surface area contributed by atoms with E-state index in [1.165, 1.54) is 26.1 Å². The van der Waals surface area contributed by atoms with Gasteiger partial charge in [-0.3, -0.25) is 4.90 Å². The summed E-state index contributed by atoms with van der Waals surface area (Å²) in [6.07, 6.45) is 3.06. The zero-order chi connectivity index (χ0) is 10.5. The van der Waals surface area contributed by atoms with Gasteiger partial charge in [-0.1, -0.05) is 6.92 Å². The third kappa shape index (κ3) is 3.08. The van der Waals surface area contributed by atoms with Gasteiger partial charge in [0.15, 0.2) is 0 Å². The molecule has 0 saturated carbocycles. The Bertz CT molecular complexity index is 265. The predicted molar refractivity (Wildman–Crippen MR) is 60.6 cm³/mol. The van der Waals surface area contributed by atoms with Gasteiger partial charge in [0.25, 0.3) is 0 Å². The van der Waals surface area contributed by atoms with Crippen molar-refractivity contribution in [1.29, 1.82) is 0 Å². The molecule has 1 fully saturated rings. The van der Waals surface area contributed by atoms with Crippen molar-refractivity contribution in [2.24, 2.45) is 5.92 Å². The lowest BCUT2D eigenvalue weighted by atomic mass is 10.1. The zero-order valence-electron chi connectivity index (χ0n) is 9.41. The third-order valence-corrected chi connectivity index (χ3v) is 3.09. The topological polar surface area (TPSA) is 28.4 Å². The lowest BCUT2D eigenvalue weighted by Crippen LogP contribution is -2.29. The van der Waals surface area contributed by atoms with E-state index in [9.17, 15) is 0 Å². The van der Waals surface area contributed by atoms with Crippen LogP contribution in [-0.4, -0.2) is 31.1 Å². The Morgan fingerprint density at radius 1 is 1.60 bits per heavy atom. The molecule has 0 aliphatic carbocycles. The highest BCUT2D eigenvalue weighted by Crippen LogP contribution is 2.12. The molecule has 1 aliphatic rings. The molecule has 0 aromatic carbocycles. The smallest absolute Gasteiger partial charge is 0.117 e. The fraction of sp³-hybridized carbons (Fsp3) is 0.667. The Labute approximate surface area is 91.4 Å². The molecule has 1 aliphatic heterocycles. The summed E-state index contributed by atoms with van der Waals surface area (Å²) in [5.74, 6) is 1.89. The van der Waals surface area contributed by atoms with Gasteiger partial charge in [-0.2, -0.15) is 0 Å². The standard InChI is InChI=1S/C12H20N2O/c1-2-14(9-11-5-6-13-8-11)10-12-4-3-7-15-12/h3-4,7,11,13H,2,5-6,8-10H2,1H3. The Balaban J connectivity index is 1.81. The van der Waals surface area contributed by atoms with Crippen LogP contribution in [0.25, 0.3) is 0 Å². The third-order valence-electron chi connectivity index (χ3n) is 3.09. The number of nitrogens with zero attached hydrogens (tertiary/aromatic N) is 1. The lowest BCUT2D eigenvalue weighted by molar-refractivity contribution is 0.223. The van der Waals surface area contributed by atoms with Crippen LogP contribution in [0.1, 0.15) is 19.1 Å². The number of rotatable bonds is 5. The maximum Gasteiger partial charge on any atom is 0.117 e. The molecule has 1 unspecified atom stereocenters. The van der Waals surface area contributed by atoms with Crippen molar-refractivity contribution in [3.05, 3.63) is 24.2 Å². The summed E-state index contributed by atoms with van der Waals surface area (Å²) in [5, 5.41) is 3.41. The second kappa shape index (κ2) is 5.33. The van der Waals surface area contributed by atoms with Crippen LogP contribution in [0.15, 0.2) is 22.8 Å². The van der Waals surface area contributed by atoms with E-state index < -0.39 is 0 Å². The highest BCUT2D eigenvalue weighted by atomic mass is 16.3. The minimum atomic E-state index is 0.819. The van der Waals surface area contributed by atoms with E-state index in [1.54, 1.807) is 6.26 Å². The molecule has 84 valence electrons. The van der Waals surface area contributed by atoms with Crippen molar-refractivity contribution in [2.45, 2.75) is 19.9 Å². The molecule has 1 N–H and O–H groups in total. The fourth-order valence-electron chi connectivity index (χ4n) is 2.16. The van der Waals surface area contributed by atoms with Crippen LogP contribution in [0.2, 0.25) is 0 Å². The summed E-state index contributed by atoms with van der Waals surface area (Å²) in [5.41, 5.74) is 0. The summed E-state index contributed by atoms with van der Waals surface area (Å²) in [7, 11) is 0. The van der Waals surface area contributed by atoms with Gasteiger partial charge < -0.3 is 9.73 Å². The van der Waals surface area contributed by atoms with Crippen molar-refractivity contribution in [1.82, 2.24) is 10.2 Å². The Morgan fingerprint density at radius 2 is 2.53 bits per heavy atom. The van der Waals surface area contributed by atoms with Crippen LogP contribution in [0, 0.1) is 5.92 Å². The van der Waals surface area contributed by atoms with Crippen LogP contribution in [0.5, 0.6) is 0 Å². The van der Waals surface area contributed by atoms with E-state index in [0.717, 1.165) is 24.8 Å². The monoisotopic (exact) mass is 208 g/mol. The second-order valence-corrected chi connectivity index (χ2v) is 4.27. The molecule has 0 bridgehead atoms. The summed E-state index contributed by atoms with van der Waals surface area (Å²) in [6, 6.07) is 4.01. The molecular formula is C12H20N2O. The van der Waals surface area contributed by atoms with Gasteiger partial charge in [0.2, 0.25) is 0 Å². The van der Waals surface area contributed by atoms with E-state index in [2.05, 4.69) is 23.2 Å². The van der Waals surface area contributed by atoms with Gasteiger partial charge in [-0.25, -0.2) is 0 Å². The molecule has 1 aromatic rings. The molecule has 3 heteroatoms. The molecule has 0 amide bonds. The number of hydrogen-bond donors (Lipinski definition) is 1. The summed E-state index contributed by atoms with van der Waals surface area (Å²) in [6.45, 7) is 7.80. The molecule has 0 radical (unpaired) electrons. The van der Waals surface area contributed by atoms with Crippen molar-refractivity contribution in [3.63, 3.8) is 0 Å². The lowest BCUT2D eigenvalue weighted by Gasteiger charge is -2.22. The van der Waals surface area contributed by atoms with Crippen molar-refractivity contribution in [3.8, 4) is 0 Å². The van der Waals surface area contributed by atoms with Crippen LogP contribution in [-0.2, 0) is 6.54 Å². The fourth-order valence-corrected chi connectivity index (χ4v) is 2.16. The SMILES string of the molecule is CCN(Cc1ccco1)CC1CCNC1. The molecule has 15 heavy (non-hydrogen) atoms. The average Bonchev–Trinajstić information content (AvgIpc) is 2.89. The number of furan rings is 1. The normalized spacial score (nSPS) is 21.3. The Kier molecular flexibility index (Phi) is 3.80. The van der Waals surface area contributed by atoms with E-state index in [0.29, 0.717) is 0 Å². The Hall–Kier alpha value is -0.800. The van der Waals surface area contributed by atoms with Gasteiger partial charge in [0, 0.05) is 6.54 Å². The van der Waals surface area contributed by atoms with Crippen LogP contribution in [0.3, 0.4) is 0 Å². The maximum atomic E-state index is 5.37. The molecular weight excluding hydrogens is 188 g/mol. The first-order valence-corrected chi connectivity index (χ1v) is 5.84. The highest BCUT2D eigenvalue weighted by molar-refractivity contribution is 4.97. The molecule has 1 saturated heterocycles. The van der Waals surface area contributed by atoms with Crippen LogP contribution >= 0.6 is 0 Å². The number of hydrogen-bond acceptors (Lipinski definition) is 3.